The lowest BCUT2D eigenvalue weighted by Crippen LogP contribution is -2.47. The summed E-state index contributed by atoms with van der Waals surface area (Å²) in [5, 5.41) is 0. The van der Waals surface area contributed by atoms with Crippen LogP contribution in [0.2, 0.25) is 0 Å². The summed E-state index contributed by atoms with van der Waals surface area (Å²) < 4.78 is 5.71. The molecule has 0 unspecified atom stereocenters. The monoisotopic (exact) mass is 369 g/mol. The molecule has 0 atom stereocenters. The largest absolute Gasteiger partial charge is 0.450 e. The van der Waals surface area contributed by atoms with Crippen LogP contribution in [0.15, 0.2) is 11.1 Å². The molecular weight excluding hydrogens is 346 g/mol. The Balaban J connectivity index is 1.58. The number of nitrogens with zero attached hydrogens (tertiary/aromatic N) is 3. The minimum Gasteiger partial charge on any atom is -0.450 e. The van der Waals surface area contributed by atoms with Crippen molar-refractivity contribution in [2.45, 2.75) is 38.6 Å². The first kappa shape index (κ1) is 17.5. The summed E-state index contributed by atoms with van der Waals surface area (Å²) in [6.45, 7) is 4.82. The highest BCUT2D eigenvalue weighted by atomic mass is 32.2. The van der Waals surface area contributed by atoms with E-state index in [0.29, 0.717) is 42.0 Å². The Hall–Kier alpha value is -1.28. The zero-order valence-corrected chi connectivity index (χ0v) is 15.5. The number of hydrogen-bond acceptors (Lipinski definition) is 6. The van der Waals surface area contributed by atoms with Crippen LogP contribution < -0.4 is 0 Å². The molecule has 3 rings (SSSR count). The van der Waals surface area contributed by atoms with Gasteiger partial charge in [-0.15, -0.1) is 0 Å². The number of thioether (sulfide) groups is 1. The Morgan fingerprint density at radius 3 is 2.58 bits per heavy atom. The fraction of sp³-hybridized carbons (Fsp3) is 0.688. The van der Waals surface area contributed by atoms with E-state index in [2.05, 4.69) is 4.90 Å². The first-order valence-corrected chi connectivity index (χ1v) is 9.75. The van der Waals surface area contributed by atoms with Gasteiger partial charge in [0.2, 0.25) is 0 Å². The fourth-order valence-electron chi connectivity index (χ4n) is 3.36. The molecule has 2 aliphatic heterocycles. The first-order valence-electron chi connectivity index (χ1n) is 8.53. The molecule has 3 fully saturated rings. The Morgan fingerprint density at radius 1 is 1.29 bits per heavy atom. The van der Waals surface area contributed by atoms with Gasteiger partial charge in [-0.25, -0.2) is 4.79 Å². The third kappa shape index (κ3) is 3.69. The molecule has 0 aromatic carbocycles. The minimum absolute atomic E-state index is 0.0460. The number of carbonyl (C=O) groups is 2. The predicted octanol–water partition coefficient (Wildman–Crippen LogP) is 2.40. The Morgan fingerprint density at radius 2 is 1.96 bits per heavy atom. The maximum absolute atomic E-state index is 12.7. The second-order valence-corrected chi connectivity index (χ2v) is 7.87. The maximum Gasteiger partial charge on any atom is 0.409 e. The number of rotatable bonds is 3. The van der Waals surface area contributed by atoms with Crippen LogP contribution in [0.4, 0.5) is 4.79 Å². The summed E-state index contributed by atoms with van der Waals surface area (Å²) in [5.74, 6) is 0.0460. The second kappa shape index (κ2) is 7.74. The molecule has 0 aromatic heterocycles. The number of carbonyl (C=O) groups excluding carboxylic acids is 2. The number of amides is 2. The first-order chi connectivity index (χ1) is 11.6. The fourth-order valence-corrected chi connectivity index (χ4v) is 4.77. The molecule has 1 saturated carbocycles. The number of ether oxygens (including phenoxy) is 1. The molecule has 2 amide bonds. The van der Waals surface area contributed by atoms with E-state index in [-0.39, 0.29) is 18.0 Å². The standard InChI is InChI=1S/C16H23N3O3S2/c1-2-22-15(21)18-9-7-17(8-10-18)11-13-14(20)19(16(23)24-13)12-5-3-4-6-12/h11-12H,2-10H2,1H3/b13-11-. The minimum atomic E-state index is -0.260. The third-order valence-electron chi connectivity index (χ3n) is 4.65. The van der Waals surface area contributed by atoms with E-state index in [1.54, 1.807) is 11.8 Å². The Bertz CT molecular complexity index is 553. The van der Waals surface area contributed by atoms with Gasteiger partial charge >= 0.3 is 6.09 Å². The van der Waals surface area contributed by atoms with Crippen molar-refractivity contribution >= 4 is 40.3 Å². The molecule has 2 heterocycles. The molecule has 24 heavy (non-hydrogen) atoms. The maximum atomic E-state index is 12.7. The number of hydrogen-bond donors (Lipinski definition) is 0. The molecular formula is C16H23N3O3S2. The van der Waals surface area contributed by atoms with Crippen molar-refractivity contribution in [2.24, 2.45) is 0 Å². The Kier molecular flexibility index (Phi) is 5.65. The van der Waals surface area contributed by atoms with Crippen LogP contribution in [-0.4, -0.2) is 69.8 Å². The quantitative estimate of drug-likeness (QED) is 0.562. The molecule has 0 radical (unpaired) electrons. The van der Waals surface area contributed by atoms with E-state index in [4.69, 9.17) is 17.0 Å². The van der Waals surface area contributed by atoms with Crippen LogP contribution in [0.3, 0.4) is 0 Å². The normalized spacial score (nSPS) is 24.4. The summed E-state index contributed by atoms with van der Waals surface area (Å²) in [6.07, 6.45) is 6.12. The lowest BCUT2D eigenvalue weighted by Gasteiger charge is -2.33. The van der Waals surface area contributed by atoms with E-state index in [1.165, 1.54) is 24.6 Å². The molecule has 6 nitrogen and oxygen atoms in total. The van der Waals surface area contributed by atoms with Crippen LogP contribution in [0, 0.1) is 0 Å². The lowest BCUT2D eigenvalue weighted by atomic mass is 10.2. The van der Waals surface area contributed by atoms with Crippen LogP contribution >= 0.6 is 24.0 Å². The van der Waals surface area contributed by atoms with Gasteiger partial charge in [-0.1, -0.05) is 36.8 Å². The average molecular weight is 370 g/mol. The predicted molar refractivity (Wildman–Crippen MR) is 97.5 cm³/mol. The van der Waals surface area contributed by atoms with Gasteiger partial charge < -0.3 is 14.5 Å². The topological polar surface area (TPSA) is 53.1 Å². The molecule has 0 bridgehead atoms. The van der Waals surface area contributed by atoms with Crippen molar-refractivity contribution in [3.8, 4) is 0 Å². The van der Waals surface area contributed by atoms with Crippen molar-refractivity contribution in [1.82, 2.24) is 14.7 Å². The molecule has 0 spiro atoms. The zero-order chi connectivity index (χ0) is 17.1. The van der Waals surface area contributed by atoms with E-state index in [0.717, 1.165) is 12.8 Å². The summed E-state index contributed by atoms with van der Waals surface area (Å²) in [6, 6.07) is 0.282. The lowest BCUT2D eigenvalue weighted by molar-refractivity contribution is -0.123. The highest BCUT2D eigenvalue weighted by Crippen LogP contribution is 2.37. The van der Waals surface area contributed by atoms with Crippen molar-refractivity contribution < 1.29 is 14.3 Å². The van der Waals surface area contributed by atoms with Crippen molar-refractivity contribution in [1.29, 1.82) is 0 Å². The van der Waals surface area contributed by atoms with Crippen LogP contribution in [0.25, 0.3) is 0 Å². The van der Waals surface area contributed by atoms with E-state index >= 15 is 0 Å². The van der Waals surface area contributed by atoms with Crippen LogP contribution in [-0.2, 0) is 9.53 Å². The van der Waals surface area contributed by atoms with E-state index in [9.17, 15) is 9.59 Å². The summed E-state index contributed by atoms with van der Waals surface area (Å²) in [7, 11) is 0. The summed E-state index contributed by atoms with van der Waals surface area (Å²) in [4.78, 5) is 30.7. The van der Waals surface area contributed by atoms with Crippen LogP contribution in [0.1, 0.15) is 32.6 Å². The molecule has 2 saturated heterocycles. The Labute approximate surface area is 152 Å². The summed E-state index contributed by atoms with van der Waals surface area (Å²) in [5.41, 5.74) is 0. The number of thiocarbonyl (C=S) groups is 1. The van der Waals surface area contributed by atoms with Gasteiger partial charge in [0.1, 0.15) is 4.32 Å². The SMILES string of the molecule is CCOC(=O)N1CCN(/C=C2\SC(=S)N(C3CCCC3)C2=O)CC1. The second-order valence-electron chi connectivity index (χ2n) is 6.20. The van der Waals surface area contributed by atoms with Crippen LogP contribution in [0.5, 0.6) is 0 Å². The molecule has 1 aliphatic carbocycles. The average Bonchev–Trinajstić information content (AvgIpc) is 3.17. The molecule has 3 aliphatic rings. The molecule has 0 aromatic rings. The van der Waals surface area contributed by atoms with E-state index < -0.39 is 0 Å². The molecule has 132 valence electrons. The number of piperazine rings is 1. The highest BCUT2D eigenvalue weighted by Gasteiger charge is 2.38. The summed E-state index contributed by atoms with van der Waals surface area (Å²) >= 11 is 6.82. The highest BCUT2D eigenvalue weighted by molar-refractivity contribution is 8.26. The van der Waals surface area contributed by atoms with Gasteiger partial charge in [-0.05, 0) is 19.8 Å². The third-order valence-corrected chi connectivity index (χ3v) is 5.97. The van der Waals surface area contributed by atoms with Gasteiger partial charge in [0.05, 0.1) is 11.5 Å². The van der Waals surface area contributed by atoms with E-state index in [1.807, 2.05) is 11.1 Å². The molecule has 8 heteroatoms. The van der Waals surface area contributed by atoms with Gasteiger partial charge in [0, 0.05) is 38.4 Å². The van der Waals surface area contributed by atoms with Gasteiger partial charge in [-0.2, -0.15) is 0 Å². The van der Waals surface area contributed by atoms with Gasteiger partial charge in [0.25, 0.3) is 5.91 Å². The van der Waals surface area contributed by atoms with Crippen molar-refractivity contribution in [3.63, 3.8) is 0 Å². The van der Waals surface area contributed by atoms with Crippen molar-refractivity contribution in [3.05, 3.63) is 11.1 Å². The van der Waals surface area contributed by atoms with Gasteiger partial charge in [0.15, 0.2) is 0 Å². The smallest absolute Gasteiger partial charge is 0.409 e. The van der Waals surface area contributed by atoms with Crippen molar-refractivity contribution in [2.75, 3.05) is 32.8 Å². The zero-order valence-electron chi connectivity index (χ0n) is 13.9. The molecule has 0 N–H and O–H groups in total. The van der Waals surface area contributed by atoms with Gasteiger partial charge in [-0.3, -0.25) is 9.69 Å².